The summed E-state index contributed by atoms with van der Waals surface area (Å²) in [6, 6.07) is 4.75. The maximum Gasteiger partial charge on any atom is 0.433 e. The zero-order valence-electron chi connectivity index (χ0n) is 15.2. The lowest BCUT2D eigenvalue weighted by molar-refractivity contribution is -0.141. The van der Waals surface area contributed by atoms with Crippen LogP contribution in [-0.4, -0.2) is 26.8 Å². The largest absolute Gasteiger partial charge is 0.433 e. The van der Waals surface area contributed by atoms with Gasteiger partial charge in [-0.15, -0.1) is 11.8 Å². The molecule has 0 aliphatic heterocycles. The summed E-state index contributed by atoms with van der Waals surface area (Å²) < 4.78 is 40.6. The van der Waals surface area contributed by atoms with Crippen LogP contribution in [0.15, 0.2) is 29.3 Å². The fourth-order valence-electron chi connectivity index (χ4n) is 2.87. The second-order valence-electron chi connectivity index (χ2n) is 5.95. The lowest BCUT2D eigenvalue weighted by Gasteiger charge is -2.14. The standard InChI is InChI=1S/C18H20F3N5S/c1-4-23-12-7-15(27-5-2)10(6-11(12)22)17-25-13-8-16(18(19,20)21)24-9-14(13)26(17)3/h6-9,23H,4-5,22H2,1-3H3. The van der Waals surface area contributed by atoms with Crippen molar-refractivity contribution in [2.45, 2.75) is 24.9 Å². The predicted molar refractivity (Wildman–Crippen MR) is 104 cm³/mol. The van der Waals surface area contributed by atoms with Gasteiger partial charge < -0.3 is 15.6 Å². The third kappa shape index (κ3) is 3.69. The maximum absolute atomic E-state index is 13.0. The van der Waals surface area contributed by atoms with Crippen LogP contribution in [0.1, 0.15) is 19.5 Å². The third-order valence-electron chi connectivity index (χ3n) is 4.12. The van der Waals surface area contributed by atoms with Gasteiger partial charge in [0.25, 0.3) is 0 Å². The van der Waals surface area contributed by atoms with E-state index in [0.29, 0.717) is 17.0 Å². The Morgan fingerprint density at radius 3 is 2.59 bits per heavy atom. The number of rotatable bonds is 5. The Kier molecular flexibility index (Phi) is 5.23. The Hall–Kier alpha value is -2.42. The predicted octanol–water partition coefficient (Wildman–Crippen LogP) is 4.78. The number of alkyl halides is 3. The molecule has 9 heteroatoms. The summed E-state index contributed by atoms with van der Waals surface area (Å²) in [4.78, 5) is 8.95. The normalized spacial score (nSPS) is 11.9. The molecule has 0 radical (unpaired) electrons. The van der Waals surface area contributed by atoms with Crippen LogP contribution in [0.2, 0.25) is 0 Å². The van der Waals surface area contributed by atoms with E-state index in [1.54, 1.807) is 23.4 Å². The molecule has 0 spiro atoms. The highest BCUT2D eigenvalue weighted by atomic mass is 32.2. The molecule has 3 aromatic rings. The van der Waals surface area contributed by atoms with Gasteiger partial charge in [0.05, 0.1) is 28.6 Å². The van der Waals surface area contributed by atoms with Gasteiger partial charge in [0.15, 0.2) is 0 Å². The number of nitrogens with one attached hydrogen (secondary N) is 1. The minimum atomic E-state index is -4.51. The van der Waals surface area contributed by atoms with Gasteiger partial charge in [-0.1, -0.05) is 6.92 Å². The second kappa shape index (κ2) is 7.30. The molecule has 1 aromatic carbocycles. The van der Waals surface area contributed by atoms with Gasteiger partial charge in [0.1, 0.15) is 11.5 Å². The van der Waals surface area contributed by atoms with E-state index in [1.165, 1.54) is 6.20 Å². The molecule has 0 bridgehead atoms. The molecule has 0 aliphatic carbocycles. The first-order chi connectivity index (χ1) is 12.8. The molecule has 5 nitrogen and oxygen atoms in total. The van der Waals surface area contributed by atoms with Crippen molar-refractivity contribution in [3.05, 3.63) is 30.1 Å². The summed E-state index contributed by atoms with van der Waals surface area (Å²) >= 11 is 1.63. The van der Waals surface area contributed by atoms with Crippen LogP contribution in [0.4, 0.5) is 24.5 Å². The van der Waals surface area contributed by atoms with Crippen LogP contribution in [0, 0.1) is 0 Å². The van der Waals surface area contributed by atoms with E-state index in [-0.39, 0.29) is 5.52 Å². The number of nitrogen functional groups attached to an aromatic ring is 1. The van der Waals surface area contributed by atoms with Gasteiger partial charge in [0.2, 0.25) is 0 Å². The highest BCUT2D eigenvalue weighted by molar-refractivity contribution is 7.99. The van der Waals surface area contributed by atoms with Crippen molar-refractivity contribution in [2.24, 2.45) is 7.05 Å². The molecule has 2 aromatic heterocycles. The Balaban J connectivity index is 2.19. The number of aromatic nitrogens is 3. The van der Waals surface area contributed by atoms with E-state index >= 15 is 0 Å². The highest BCUT2D eigenvalue weighted by Crippen LogP contribution is 2.38. The summed E-state index contributed by atoms with van der Waals surface area (Å²) in [5.41, 5.74) is 8.17. The van der Waals surface area contributed by atoms with E-state index < -0.39 is 11.9 Å². The summed E-state index contributed by atoms with van der Waals surface area (Å²) in [6.45, 7) is 4.75. The first-order valence-corrected chi connectivity index (χ1v) is 9.45. The topological polar surface area (TPSA) is 68.8 Å². The van der Waals surface area contributed by atoms with E-state index in [9.17, 15) is 13.2 Å². The summed E-state index contributed by atoms with van der Waals surface area (Å²) in [5, 5.41) is 3.22. The molecule has 3 rings (SSSR count). The third-order valence-corrected chi connectivity index (χ3v) is 5.05. The molecule has 27 heavy (non-hydrogen) atoms. The molecule has 0 saturated heterocycles. The first kappa shape index (κ1) is 19.3. The lowest BCUT2D eigenvalue weighted by Crippen LogP contribution is -2.07. The van der Waals surface area contributed by atoms with Gasteiger partial charge in [0, 0.05) is 24.1 Å². The number of halogens is 3. The van der Waals surface area contributed by atoms with E-state index in [0.717, 1.165) is 34.5 Å². The molecule has 0 amide bonds. The minimum Gasteiger partial charge on any atom is -0.397 e. The Labute approximate surface area is 159 Å². The fraction of sp³-hybridized carbons (Fsp3) is 0.333. The van der Waals surface area contributed by atoms with Crippen molar-refractivity contribution in [1.29, 1.82) is 0 Å². The number of nitrogens with two attached hydrogens (primary N) is 1. The number of fused-ring (bicyclic) bond motifs is 1. The van der Waals surface area contributed by atoms with Crippen LogP contribution in [0.5, 0.6) is 0 Å². The lowest BCUT2D eigenvalue weighted by atomic mass is 10.1. The molecule has 2 heterocycles. The number of thioether (sulfide) groups is 1. The van der Waals surface area contributed by atoms with Gasteiger partial charge in [-0.05, 0) is 30.9 Å². The number of imidazole rings is 1. The number of benzene rings is 1. The van der Waals surface area contributed by atoms with Crippen molar-refractivity contribution >= 4 is 34.2 Å². The first-order valence-electron chi connectivity index (χ1n) is 8.46. The average molecular weight is 395 g/mol. The van der Waals surface area contributed by atoms with Gasteiger partial charge in [-0.25, -0.2) is 9.97 Å². The minimum absolute atomic E-state index is 0.247. The summed E-state index contributed by atoms with van der Waals surface area (Å²) in [5.74, 6) is 1.39. The van der Waals surface area contributed by atoms with Crippen molar-refractivity contribution in [1.82, 2.24) is 14.5 Å². The van der Waals surface area contributed by atoms with E-state index in [2.05, 4.69) is 15.3 Å². The second-order valence-corrected chi connectivity index (χ2v) is 7.26. The Bertz CT molecular complexity index is 981. The van der Waals surface area contributed by atoms with Crippen molar-refractivity contribution in [3.63, 3.8) is 0 Å². The maximum atomic E-state index is 13.0. The summed E-state index contributed by atoms with van der Waals surface area (Å²) in [6.07, 6.45) is -3.30. The molecule has 0 fully saturated rings. The van der Waals surface area contributed by atoms with E-state index in [1.807, 2.05) is 26.0 Å². The Morgan fingerprint density at radius 2 is 1.96 bits per heavy atom. The fourth-order valence-corrected chi connectivity index (χ4v) is 3.69. The van der Waals surface area contributed by atoms with Crippen molar-refractivity contribution in [3.8, 4) is 11.4 Å². The molecule has 144 valence electrons. The monoisotopic (exact) mass is 395 g/mol. The summed E-state index contributed by atoms with van der Waals surface area (Å²) in [7, 11) is 1.76. The van der Waals surface area contributed by atoms with Crippen LogP contribution < -0.4 is 11.1 Å². The molecule has 0 aliphatic rings. The number of hydrogen-bond acceptors (Lipinski definition) is 5. The number of aryl methyl sites for hydroxylation is 1. The number of anilines is 2. The number of hydrogen-bond donors (Lipinski definition) is 2. The number of pyridine rings is 1. The van der Waals surface area contributed by atoms with Crippen molar-refractivity contribution < 1.29 is 13.2 Å². The molecular weight excluding hydrogens is 375 g/mol. The zero-order valence-corrected chi connectivity index (χ0v) is 16.0. The molecule has 0 saturated carbocycles. The van der Waals surface area contributed by atoms with Crippen molar-refractivity contribution in [2.75, 3.05) is 23.3 Å². The molecule has 3 N–H and O–H groups in total. The Morgan fingerprint density at radius 1 is 1.22 bits per heavy atom. The van der Waals surface area contributed by atoms with Gasteiger partial charge >= 0.3 is 6.18 Å². The van der Waals surface area contributed by atoms with E-state index in [4.69, 9.17) is 5.73 Å². The molecular formula is C18H20F3N5S. The van der Waals surface area contributed by atoms with Crippen LogP contribution in [0.3, 0.4) is 0 Å². The molecule has 0 unspecified atom stereocenters. The van der Waals surface area contributed by atoms with Gasteiger partial charge in [-0.2, -0.15) is 13.2 Å². The van der Waals surface area contributed by atoms with Crippen LogP contribution >= 0.6 is 11.8 Å². The van der Waals surface area contributed by atoms with Gasteiger partial charge in [-0.3, -0.25) is 0 Å². The quantitative estimate of drug-likeness (QED) is 0.481. The highest BCUT2D eigenvalue weighted by Gasteiger charge is 2.33. The molecule has 0 atom stereocenters. The number of nitrogens with zero attached hydrogens (tertiary/aromatic N) is 3. The van der Waals surface area contributed by atoms with Crippen LogP contribution in [0.25, 0.3) is 22.4 Å². The smallest absolute Gasteiger partial charge is 0.397 e. The van der Waals surface area contributed by atoms with Crippen LogP contribution in [-0.2, 0) is 13.2 Å². The average Bonchev–Trinajstić information content (AvgIpc) is 2.93. The SMILES string of the molecule is CCNc1cc(SCC)c(-c2nc3cc(C(F)(F)F)ncc3n2C)cc1N. The zero-order chi connectivity index (χ0) is 19.8.